The maximum atomic E-state index is 12.8. The topological polar surface area (TPSA) is 73.5 Å². The van der Waals surface area contributed by atoms with Gasteiger partial charge < -0.3 is 9.30 Å². The Morgan fingerprint density at radius 1 is 1.21 bits per heavy atom. The molecule has 0 atom stereocenters. The lowest BCUT2D eigenvalue weighted by Crippen LogP contribution is -2.16. The maximum Gasteiger partial charge on any atom is 0.338 e. The first kappa shape index (κ1) is 19.1. The van der Waals surface area contributed by atoms with Crippen molar-refractivity contribution < 1.29 is 14.3 Å². The van der Waals surface area contributed by atoms with Gasteiger partial charge >= 0.3 is 5.97 Å². The molecule has 0 aliphatic heterocycles. The number of aromatic nitrogens is 2. The molecular formula is C21H15N3O3S2. The van der Waals surface area contributed by atoms with E-state index in [4.69, 9.17) is 11.2 Å². The third kappa shape index (κ3) is 3.70. The Morgan fingerprint density at radius 3 is 2.79 bits per heavy atom. The summed E-state index contributed by atoms with van der Waals surface area (Å²) >= 11 is 2.77. The molecule has 0 aliphatic carbocycles. The summed E-state index contributed by atoms with van der Waals surface area (Å²) in [6.45, 7) is 2.32. The predicted molar refractivity (Wildman–Crippen MR) is 114 cm³/mol. The average molecular weight is 422 g/mol. The van der Waals surface area contributed by atoms with Crippen molar-refractivity contribution in [2.24, 2.45) is 4.99 Å². The van der Waals surface area contributed by atoms with Crippen LogP contribution in [0.2, 0.25) is 0 Å². The first-order valence-corrected chi connectivity index (χ1v) is 10.5. The Hall–Kier alpha value is -3.28. The van der Waals surface area contributed by atoms with Gasteiger partial charge in [0, 0.05) is 5.56 Å². The number of hydrogen-bond acceptors (Lipinski definition) is 6. The number of amides is 1. The number of rotatable bonds is 4. The van der Waals surface area contributed by atoms with Crippen molar-refractivity contribution in [1.82, 2.24) is 9.55 Å². The van der Waals surface area contributed by atoms with Crippen LogP contribution in [-0.2, 0) is 11.3 Å². The fraction of sp³-hybridized carbons (Fsp3) is 0.143. The normalized spacial score (nSPS) is 11.7. The summed E-state index contributed by atoms with van der Waals surface area (Å²) in [6.07, 6.45) is 5.52. The fourth-order valence-electron chi connectivity index (χ4n) is 2.88. The van der Waals surface area contributed by atoms with Gasteiger partial charge in [0.2, 0.25) is 0 Å². The molecule has 1 amide bonds. The molecule has 2 heterocycles. The molecule has 6 nitrogen and oxygen atoms in total. The van der Waals surface area contributed by atoms with Gasteiger partial charge in [-0.3, -0.25) is 4.79 Å². The molecule has 0 saturated carbocycles. The number of carbonyl (C=O) groups excluding carboxylic acids is 2. The number of ether oxygens (including phenoxy) is 1. The molecule has 144 valence electrons. The van der Waals surface area contributed by atoms with Crippen molar-refractivity contribution >= 4 is 55.0 Å². The summed E-state index contributed by atoms with van der Waals surface area (Å²) < 4.78 is 8.58. The lowest BCUT2D eigenvalue weighted by atomic mass is 10.2. The van der Waals surface area contributed by atoms with E-state index in [9.17, 15) is 9.59 Å². The van der Waals surface area contributed by atoms with Gasteiger partial charge in [0.25, 0.3) is 5.91 Å². The van der Waals surface area contributed by atoms with Crippen LogP contribution in [0.15, 0.2) is 46.9 Å². The van der Waals surface area contributed by atoms with Crippen LogP contribution in [0.1, 0.15) is 27.6 Å². The molecule has 8 heteroatoms. The van der Waals surface area contributed by atoms with Gasteiger partial charge in [-0.25, -0.2) is 9.78 Å². The Balaban J connectivity index is 1.80. The molecule has 0 fully saturated rings. The number of thiazole rings is 2. The molecule has 4 aromatic rings. The fourth-order valence-corrected chi connectivity index (χ4v) is 4.67. The van der Waals surface area contributed by atoms with Crippen LogP contribution in [0.5, 0.6) is 0 Å². The second-order valence-electron chi connectivity index (χ2n) is 6.03. The first-order chi connectivity index (χ1) is 14.1. The molecule has 4 rings (SSSR count). The van der Waals surface area contributed by atoms with Crippen molar-refractivity contribution in [3.8, 4) is 12.3 Å². The van der Waals surface area contributed by atoms with E-state index in [0.29, 0.717) is 22.5 Å². The van der Waals surface area contributed by atoms with E-state index in [2.05, 4.69) is 15.9 Å². The van der Waals surface area contributed by atoms with Crippen LogP contribution in [0.25, 0.3) is 20.4 Å². The van der Waals surface area contributed by atoms with Crippen molar-refractivity contribution in [3.05, 3.63) is 57.8 Å². The minimum Gasteiger partial charge on any atom is -0.462 e. The molecule has 0 saturated heterocycles. The van der Waals surface area contributed by atoms with Gasteiger partial charge in [0.1, 0.15) is 0 Å². The first-order valence-electron chi connectivity index (χ1n) is 8.77. The Bertz CT molecular complexity index is 1360. The molecule has 0 unspecified atom stereocenters. The van der Waals surface area contributed by atoms with E-state index in [0.717, 1.165) is 20.4 Å². The van der Waals surface area contributed by atoms with Crippen molar-refractivity contribution in [1.29, 1.82) is 0 Å². The zero-order chi connectivity index (χ0) is 20.4. The number of carbonyl (C=O) groups is 2. The summed E-state index contributed by atoms with van der Waals surface area (Å²) in [5.41, 5.74) is 4.33. The maximum absolute atomic E-state index is 12.8. The van der Waals surface area contributed by atoms with E-state index in [1.165, 1.54) is 22.7 Å². The second-order valence-corrected chi connectivity index (χ2v) is 7.93. The Kier molecular flexibility index (Phi) is 5.25. The Labute approximate surface area is 174 Å². The minimum absolute atomic E-state index is 0.263. The number of esters is 1. The molecular weight excluding hydrogens is 406 g/mol. The second kappa shape index (κ2) is 7.99. The third-order valence-electron chi connectivity index (χ3n) is 4.22. The SMILES string of the molecule is C#CCn1c(=NC(=O)c2ccc3ncsc3c2)sc2cc(C(=O)OCC)ccc21. The average Bonchev–Trinajstić information content (AvgIpc) is 3.32. The lowest BCUT2D eigenvalue weighted by molar-refractivity contribution is 0.0526. The standard InChI is InChI=1S/C21H15N3O3S2/c1-3-9-24-16-8-6-14(20(26)27-4-2)11-18(16)29-21(24)23-19(25)13-5-7-15-17(10-13)28-12-22-15/h1,5-8,10-12H,4,9H2,2H3. The van der Waals surface area contributed by atoms with Gasteiger partial charge in [-0.05, 0) is 43.3 Å². The third-order valence-corrected chi connectivity index (χ3v) is 6.05. The summed E-state index contributed by atoms with van der Waals surface area (Å²) in [4.78, 5) is 33.8. The van der Waals surface area contributed by atoms with Gasteiger partial charge in [-0.2, -0.15) is 4.99 Å². The van der Waals surface area contributed by atoms with Gasteiger partial charge in [0.05, 0.1) is 44.7 Å². The number of benzene rings is 2. The van der Waals surface area contributed by atoms with Gasteiger partial charge in [-0.15, -0.1) is 17.8 Å². The monoisotopic (exact) mass is 421 g/mol. The van der Waals surface area contributed by atoms with Gasteiger partial charge in [0.15, 0.2) is 4.80 Å². The molecule has 0 N–H and O–H groups in total. The zero-order valence-corrected chi connectivity index (χ0v) is 17.0. The highest BCUT2D eigenvalue weighted by molar-refractivity contribution is 7.17. The molecule has 29 heavy (non-hydrogen) atoms. The quantitative estimate of drug-likeness (QED) is 0.370. The van der Waals surface area contributed by atoms with Gasteiger partial charge in [-0.1, -0.05) is 17.3 Å². The summed E-state index contributed by atoms with van der Waals surface area (Å²) in [6, 6.07) is 10.5. The minimum atomic E-state index is -0.390. The Morgan fingerprint density at radius 2 is 2.00 bits per heavy atom. The van der Waals surface area contributed by atoms with Crippen LogP contribution in [0, 0.1) is 12.3 Å². The molecule has 0 aliphatic rings. The molecule has 0 radical (unpaired) electrons. The molecule has 2 aromatic carbocycles. The molecule has 2 aromatic heterocycles. The number of terminal acetylenes is 1. The zero-order valence-electron chi connectivity index (χ0n) is 15.4. The number of hydrogen-bond donors (Lipinski definition) is 0. The van der Waals surface area contributed by atoms with Crippen molar-refractivity contribution in [3.63, 3.8) is 0 Å². The van der Waals surface area contributed by atoms with E-state index >= 15 is 0 Å². The van der Waals surface area contributed by atoms with Crippen molar-refractivity contribution in [2.75, 3.05) is 6.61 Å². The summed E-state index contributed by atoms with van der Waals surface area (Å²) in [5, 5.41) is 0. The highest BCUT2D eigenvalue weighted by Gasteiger charge is 2.13. The van der Waals surface area contributed by atoms with E-state index < -0.39 is 5.97 Å². The van der Waals surface area contributed by atoms with Crippen LogP contribution >= 0.6 is 22.7 Å². The highest BCUT2D eigenvalue weighted by atomic mass is 32.1. The number of fused-ring (bicyclic) bond motifs is 2. The largest absolute Gasteiger partial charge is 0.462 e. The van der Waals surface area contributed by atoms with Crippen LogP contribution in [-0.4, -0.2) is 28.0 Å². The highest BCUT2D eigenvalue weighted by Crippen LogP contribution is 2.21. The molecule has 0 spiro atoms. The number of nitrogens with zero attached hydrogens (tertiary/aromatic N) is 3. The molecule has 0 bridgehead atoms. The summed E-state index contributed by atoms with van der Waals surface area (Å²) in [7, 11) is 0. The smallest absolute Gasteiger partial charge is 0.338 e. The van der Waals surface area contributed by atoms with E-state index in [-0.39, 0.29) is 12.5 Å². The predicted octanol–water partition coefficient (Wildman–Crippen LogP) is 3.86. The van der Waals surface area contributed by atoms with Crippen LogP contribution in [0.4, 0.5) is 0 Å². The van der Waals surface area contributed by atoms with Crippen molar-refractivity contribution in [2.45, 2.75) is 13.5 Å². The van der Waals surface area contributed by atoms with Crippen LogP contribution < -0.4 is 4.80 Å². The van der Waals surface area contributed by atoms with E-state index in [1.807, 2.05) is 0 Å². The van der Waals surface area contributed by atoms with E-state index in [1.54, 1.807) is 53.4 Å². The summed E-state index contributed by atoms with van der Waals surface area (Å²) in [5.74, 6) is 1.85. The van der Waals surface area contributed by atoms with Crippen LogP contribution in [0.3, 0.4) is 0 Å². The lowest BCUT2D eigenvalue weighted by Gasteiger charge is -2.03.